The Morgan fingerprint density at radius 3 is 2.82 bits per heavy atom. The largest absolute Gasteiger partial charge is 0.356 e. The van der Waals surface area contributed by atoms with Crippen molar-refractivity contribution in [1.82, 2.24) is 14.5 Å². The molecule has 3 rings (SSSR count). The van der Waals surface area contributed by atoms with E-state index in [0.29, 0.717) is 11.5 Å². The molecular weight excluding hydrogens is 276 g/mol. The lowest BCUT2D eigenvalue weighted by Crippen LogP contribution is -2.16. The number of rotatable bonds is 5. The van der Waals surface area contributed by atoms with Gasteiger partial charge in [-0.1, -0.05) is 19.3 Å². The summed E-state index contributed by atoms with van der Waals surface area (Å²) >= 11 is 0. The Morgan fingerprint density at radius 1 is 1.36 bits per heavy atom. The van der Waals surface area contributed by atoms with Crippen molar-refractivity contribution in [2.24, 2.45) is 5.92 Å². The Balaban J connectivity index is 2.00. The van der Waals surface area contributed by atoms with E-state index in [2.05, 4.69) is 26.8 Å². The van der Waals surface area contributed by atoms with E-state index in [9.17, 15) is 4.79 Å². The molecule has 1 N–H and O–H groups in total. The standard InChI is InChI=1S/C17H24N4O/c1-3-18-17-20-16-15(9-14(10-19-16)12(2)22)21(17)11-13-7-5-4-6-8-13/h9-10,13H,3-8,11H2,1-2H3,(H,18,19,20). The van der Waals surface area contributed by atoms with E-state index in [-0.39, 0.29) is 5.78 Å². The highest BCUT2D eigenvalue weighted by atomic mass is 16.1. The van der Waals surface area contributed by atoms with Gasteiger partial charge in [-0.25, -0.2) is 4.98 Å². The van der Waals surface area contributed by atoms with Gasteiger partial charge >= 0.3 is 0 Å². The first kappa shape index (κ1) is 15.0. The summed E-state index contributed by atoms with van der Waals surface area (Å²) in [6, 6.07) is 1.93. The summed E-state index contributed by atoms with van der Waals surface area (Å²) in [4.78, 5) is 20.6. The zero-order valence-corrected chi connectivity index (χ0v) is 13.4. The molecule has 0 atom stereocenters. The normalized spacial score (nSPS) is 16.1. The number of carbonyl (C=O) groups is 1. The predicted molar refractivity (Wildman–Crippen MR) is 88.3 cm³/mol. The fourth-order valence-corrected chi connectivity index (χ4v) is 3.30. The SMILES string of the molecule is CCNc1nc2ncc(C(C)=O)cc2n1CC1CCCCC1. The summed E-state index contributed by atoms with van der Waals surface area (Å²) in [5, 5.41) is 3.33. The minimum Gasteiger partial charge on any atom is -0.356 e. The lowest BCUT2D eigenvalue weighted by atomic mass is 9.89. The van der Waals surface area contributed by atoms with Gasteiger partial charge in [0.25, 0.3) is 0 Å². The maximum absolute atomic E-state index is 11.6. The molecule has 0 spiro atoms. The van der Waals surface area contributed by atoms with Gasteiger partial charge in [0.05, 0.1) is 5.52 Å². The third-order valence-electron chi connectivity index (χ3n) is 4.51. The van der Waals surface area contributed by atoms with Crippen LogP contribution in [0.3, 0.4) is 0 Å². The summed E-state index contributed by atoms with van der Waals surface area (Å²) in [7, 11) is 0. The van der Waals surface area contributed by atoms with Gasteiger partial charge in [-0.15, -0.1) is 0 Å². The fourth-order valence-electron chi connectivity index (χ4n) is 3.30. The van der Waals surface area contributed by atoms with Crippen molar-refractivity contribution in [1.29, 1.82) is 0 Å². The zero-order chi connectivity index (χ0) is 15.5. The van der Waals surface area contributed by atoms with Gasteiger partial charge in [0.15, 0.2) is 11.4 Å². The van der Waals surface area contributed by atoms with E-state index in [0.717, 1.165) is 30.2 Å². The quantitative estimate of drug-likeness (QED) is 0.856. The molecule has 2 aromatic heterocycles. The van der Waals surface area contributed by atoms with Crippen molar-refractivity contribution in [3.63, 3.8) is 0 Å². The number of ketones is 1. The van der Waals surface area contributed by atoms with Crippen molar-refractivity contribution in [3.05, 3.63) is 17.8 Å². The number of fused-ring (bicyclic) bond motifs is 1. The lowest BCUT2D eigenvalue weighted by Gasteiger charge is -2.23. The van der Waals surface area contributed by atoms with Crippen LogP contribution in [0.1, 0.15) is 56.3 Å². The highest BCUT2D eigenvalue weighted by molar-refractivity contribution is 5.96. The molecule has 0 aromatic carbocycles. The fraction of sp³-hybridized carbons (Fsp3) is 0.588. The van der Waals surface area contributed by atoms with Crippen molar-refractivity contribution in [2.45, 2.75) is 52.5 Å². The molecule has 0 radical (unpaired) electrons. The molecule has 5 heteroatoms. The number of imidazole rings is 1. The van der Waals surface area contributed by atoms with E-state index >= 15 is 0 Å². The number of Topliss-reactive ketones (excluding diaryl/α,β-unsaturated/α-hetero) is 1. The summed E-state index contributed by atoms with van der Waals surface area (Å²) in [6.45, 7) is 5.43. The third kappa shape index (κ3) is 2.98. The van der Waals surface area contributed by atoms with Crippen molar-refractivity contribution < 1.29 is 4.79 Å². The molecule has 2 aromatic rings. The van der Waals surface area contributed by atoms with Gasteiger partial charge in [-0.3, -0.25) is 4.79 Å². The Labute approximate surface area is 131 Å². The number of anilines is 1. The number of nitrogens with one attached hydrogen (secondary N) is 1. The number of pyridine rings is 1. The number of aromatic nitrogens is 3. The van der Waals surface area contributed by atoms with Crippen LogP contribution in [0.4, 0.5) is 5.95 Å². The summed E-state index contributed by atoms with van der Waals surface area (Å²) in [5.41, 5.74) is 2.34. The van der Waals surface area contributed by atoms with Crippen LogP contribution in [0.2, 0.25) is 0 Å². The van der Waals surface area contributed by atoms with Gasteiger partial charge in [0.1, 0.15) is 0 Å². The van der Waals surface area contributed by atoms with Gasteiger partial charge in [-0.05, 0) is 38.7 Å². The molecule has 0 unspecified atom stereocenters. The van der Waals surface area contributed by atoms with E-state index in [1.807, 2.05) is 6.07 Å². The molecule has 118 valence electrons. The number of nitrogens with zero attached hydrogens (tertiary/aromatic N) is 3. The highest BCUT2D eigenvalue weighted by Gasteiger charge is 2.19. The summed E-state index contributed by atoms with van der Waals surface area (Å²) < 4.78 is 2.22. The second-order valence-corrected chi connectivity index (χ2v) is 6.20. The average molecular weight is 300 g/mol. The van der Waals surface area contributed by atoms with E-state index in [4.69, 9.17) is 0 Å². The van der Waals surface area contributed by atoms with Gasteiger partial charge in [0, 0.05) is 24.8 Å². The second kappa shape index (κ2) is 6.46. The van der Waals surface area contributed by atoms with E-state index in [1.165, 1.54) is 32.1 Å². The van der Waals surface area contributed by atoms with Crippen LogP contribution in [-0.4, -0.2) is 26.9 Å². The Morgan fingerprint density at radius 2 is 2.14 bits per heavy atom. The molecule has 1 aliphatic carbocycles. The molecule has 22 heavy (non-hydrogen) atoms. The minimum absolute atomic E-state index is 0.0461. The number of carbonyl (C=O) groups excluding carboxylic acids is 1. The maximum atomic E-state index is 11.6. The Kier molecular flexibility index (Phi) is 4.41. The molecule has 1 saturated carbocycles. The Hall–Kier alpha value is -1.91. The van der Waals surface area contributed by atoms with Gasteiger partial charge < -0.3 is 9.88 Å². The first-order chi connectivity index (χ1) is 10.7. The van der Waals surface area contributed by atoms with Crippen molar-refractivity contribution in [3.8, 4) is 0 Å². The van der Waals surface area contributed by atoms with Crippen LogP contribution in [0.15, 0.2) is 12.3 Å². The van der Waals surface area contributed by atoms with Crippen LogP contribution in [0, 0.1) is 5.92 Å². The van der Waals surface area contributed by atoms with Crippen molar-refractivity contribution >= 4 is 22.9 Å². The molecule has 0 saturated heterocycles. The smallest absolute Gasteiger partial charge is 0.205 e. The molecule has 5 nitrogen and oxygen atoms in total. The molecule has 1 fully saturated rings. The zero-order valence-electron chi connectivity index (χ0n) is 13.4. The average Bonchev–Trinajstić information content (AvgIpc) is 2.86. The first-order valence-corrected chi connectivity index (χ1v) is 8.30. The van der Waals surface area contributed by atoms with Crippen LogP contribution >= 0.6 is 0 Å². The lowest BCUT2D eigenvalue weighted by molar-refractivity contribution is 0.101. The second-order valence-electron chi connectivity index (χ2n) is 6.20. The number of hydrogen-bond donors (Lipinski definition) is 1. The summed E-state index contributed by atoms with van der Waals surface area (Å²) in [5.74, 6) is 1.62. The molecule has 0 aliphatic heterocycles. The van der Waals surface area contributed by atoms with Gasteiger partial charge in [-0.2, -0.15) is 4.98 Å². The van der Waals surface area contributed by atoms with Gasteiger partial charge in [0.2, 0.25) is 5.95 Å². The summed E-state index contributed by atoms with van der Waals surface area (Å²) in [6.07, 6.45) is 8.20. The highest BCUT2D eigenvalue weighted by Crippen LogP contribution is 2.28. The predicted octanol–water partition coefficient (Wildman–Crippen LogP) is 3.65. The van der Waals surface area contributed by atoms with Crippen molar-refractivity contribution in [2.75, 3.05) is 11.9 Å². The molecule has 0 bridgehead atoms. The molecule has 0 amide bonds. The van der Waals surface area contributed by atoms with E-state index < -0.39 is 0 Å². The van der Waals surface area contributed by atoms with Crippen LogP contribution < -0.4 is 5.32 Å². The van der Waals surface area contributed by atoms with Crippen LogP contribution in [-0.2, 0) is 6.54 Å². The third-order valence-corrected chi connectivity index (χ3v) is 4.51. The maximum Gasteiger partial charge on any atom is 0.205 e. The molecular formula is C17H24N4O. The molecule has 2 heterocycles. The minimum atomic E-state index is 0.0461. The monoisotopic (exact) mass is 300 g/mol. The topological polar surface area (TPSA) is 59.8 Å². The number of hydrogen-bond acceptors (Lipinski definition) is 4. The van der Waals surface area contributed by atoms with Crippen LogP contribution in [0.25, 0.3) is 11.2 Å². The molecule has 1 aliphatic rings. The van der Waals surface area contributed by atoms with Crippen LogP contribution in [0.5, 0.6) is 0 Å². The Bertz CT molecular complexity index is 671. The first-order valence-electron chi connectivity index (χ1n) is 8.30. The van der Waals surface area contributed by atoms with E-state index in [1.54, 1.807) is 13.1 Å².